The molecule has 0 bridgehead atoms. The molecule has 1 saturated heterocycles. The summed E-state index contributed by atoms with van der Waals surface area (Å²) in [7, 11) is 1.68. The molecule has 0 saturated carbocycles. The summed E-state index contributed by atoms with van der Waals surface area (Å²) in [5.74, 6) is 0.315. The number of rotatable bonds is 3. The third-order valence-corrected chi connectivity index (χ3v) is 5.11. The Morgan fingerprint density at radius 2 is 1.75 bits per heavy atom. The molecule has 146 valence electrons. The van der Waals surface area contributed by atoms with Crippen LogP contribution in [0.25, 0.3) is 0 Å². The van der Waals surface area contributed by atoms with Gasteiger partial charge in [-0.1, -0.05) is 12.1 Å². The lowest BCUT2D eigenvalue weighted by atomic mass is 10.1. The molecule has 1 aromatic heterocycles. The van der Waals surface area contributed by atoms with Crippen molar-refractivity contribution in [2.45, 2.75) is 12.5 Å². The van der Waals surface area contributed by atoms with Crippen LogP contribution < -0.4 is 9.64 Å². The van der Waals surface area contributed by atoms with Gasteiger partial charge in [0.25, 0.3) is 11.8 Å². The zero-order valence-electron chi connectivity index (χ0n) is 15.5. The zero-order valence-corrected chi connectivity index (χ0v) is 15.5. The highest BCUT2D eigenvalue weighted by molar-refractivity contribution is 6.01. The van der Waals surface area contributed by atoms with Gasteiger partial charge in [-0.05, 0) is 24.3 Å². The van der Waals surface area contributed by atoms with Crippen LogP contribution in [0.3, 0.4) is 0 Å². The summed E-state index contributed by atoms with van der Waals surface area (Å²) in [5, 5.41) is 0. The Bertz CT molecular complexity index is 887. The monoisotopic (exact) mass is 383 g/mol. The highest BCUT2D eigenvalue weighted by Gasteiger charge is 2.35. The topological polar surface area (TPSA) is 83.3 Å². The molecule has 2 aliphatic heterocycles. The average molecular weight is 383 g/mol. The Morgan fingerprint density at radius 1 is 1.04 bits per heavy atom. The maximum absolute atomic E-state index is 12.7. The van der Waals surface area contributed by atoms with E-state index in [0.29, 0.717) is 43.4 Å². The van der Waals surface area contributed by atoms with E-state index in [9.17, 15) is 14.4 Å². The Balaban J connectivity index is 1.35. The summed E-state index contributed by atoms with van der Waals surface area (Å²) < 4.78 is 10.9. The number of para-hydroxylation sites is 2. The van der Waals surface area contributed by atoms with Crippen LogP contribution in [0, 0.1) is 0 Å². The van der Waals surface area contributed by atoms with E-state index in [2.05, 4.69) is 0 Å². The molecular weight excluding hydrogens is 362 g/mol. The molecule has 8 nitrogen and oxygen atoms in total. The summed E-state index contributed by atoms with van der Waals surface area (Å²) >= 11 is 0. The fourth-order valence-electron chi connectivity index (χ4n) is 3.50. The summed E-state index contributed by atoms with van der Waals surface area (Å²) in [5.41, 5.74) is 0.696. The Kier molecular flexibility index (Phi) is 4.77. The van der Waals surface area contributed by atoms with Crippen LogP contribution >= 0.6 is 0 Å². The minimum absolute atomic E-state index is 0.0242. The van der Waals surface area contributed by atoms with Gasteiger partial charge in [-0.3, -0.25) is 14.4 Å². The quantitative estimate of drug-likeness (QED) is 0.800. The number of anilines is 1. The number of furan rings is 1. The Morgan fingerprint density at radius 3 is 2.46 bits per heavy atom. The van der Waals surface area contributed by atoms with Crippen molar-refractivity contribution in [3.63, 3.8) is 0 Å². The van der Waals surface area contributed by atoms with Gasteiger partial charge in [-0.15, -0.1) is 0 Å². The molecule has 2 aromatic rings. The first-order valence-corrected chi connectivity index (χ1v) is 9.18. The molecule has 1 atom stereocenters. The number of benzene rings is 1. The predicted molar refractivity (Wildman–Crippen MR) is 100 cm³/mol. The molecule has 0 N–H and O–H groups in total. The first-order chi connectivity index (χ1) is 13.5. The first-order valence-electron chi connectivity index (χ1n) is 9.18. The van der Waals surface area contributed by atoms with Crippen molar-refractivity contribution >= 4 is 23.4 Å². The number of nitrogens with zero attached hydrogens (tertiary/aromatic N) is 3. The van der Waals surface area contributed by atoms with E-state index in [1.165, 1.54) is 11.2 Å². The van der Waals surface area contributed by atoms with Crippen LogP contribution in [0.1, 0.15) is 17.0 Å². The second-order valence-electron chi connectivity index (χ2n) is 6.83. The molecule has 3 amide bonds. The van der Waals surface area contributed by atoms with E-state index in [0.717, 1.165) is 0 Å². The average Bonchev–Trinajstić information content (AvgIpc) is 3.26. The van der Waals surface area contributed by atoms with Gasteiger partial charge in [0.15, 0.2) is 11.9 Å². The van der Waals surface area contributed by atoms with Crippen molar-refractivity contribution < 1.29 is 23.5 Å². The maximum atomic E-state index is 12.7. The van der Waals surface area contributed by atoms with Crippen molar-refractivity contribution in [2.24, 2.45) is 0 Å². The number of fused-ring (bicyclic) bond motifs is 1. The molecule has 1 unspecified atom stereocenters. The van der Waals surface area contributed by atoms with Crippen molar-refractivity contribution in [1.29, 1.82) is 0 Å². The molecule has 4 rings (SSSR count). The molecule has 2 aliphatic rings. The minimum atomic E-state index is -0.838. The maximum Gasteiger partial charge on any atom is 0.289 e. The summed E-state index contributed by atoms with van der Waals surface area (Å²) in [6.07, 6.45) is 0.600. The van der Waals surface area contributed by atoms with E-state index in [1.54, 1.807) is 41.1 Å². The van der Waals surface area contributed by atoms with Gasteiger partial charge in [0, 0.05) is 33.2 Å². The Hall–Kier alpha value is -3.29. The van der Waals surface area contributed by atoms with Crippen LogP contribution in [0.5, 0.6) is 5.75 Å². The van der Waals surface area contributed by atoms with Crippen LogP contribution in [0.15, 0.2) is 47.1 Å². The third-order valence-electron chi connectivity index (χ3n) is 5.11. The fourth-order valence-corrected chi connectivity index (χ4v) is 3.50. The number of likely N-dealkylation sites (N-methyl/N-ethyl adjacent to an activating group) is 1. The van der Waals surface area contributed by atoms with Crippen LogP contribution in [0.4, 0.5) is 5.69 Å². The van der Waals surface area contributed by atoms with Gasteiger partial charge in [0.05, 0.1) is 18.4 Å². The number of carbonyl (C=O) groups is 3. The minimum Gasteiger partial charge on any atom is -0.478 e. The molecule has 1 aromatic carbocycles. The number of hydrogen-bond donors (Lipinski definition) is 0. The van der Waals surface area contributed by atoms with Crippen molar-refractivity contribution in [2.75, 3.05) is 38.1 Å². The molecule has 28 heavy (non-hydrogen) atoms. The largest absolute Gasteiger partial charge is 0.478 e. The van der Waals surface area contributed by atoms with E-state index >= 15 is 0 Å². The molecule has 0 radical (unpaired) electrons. The van der Waals surface area contributed by atoms with Crippen molar-refractivity contribution in [3.05, 3.63) is 48.4 Å². The lowest BCUT2D eigenvalue weighted by Crippen LogP contribution is -2.52. The van der Waals surface area contributed by atoms with Crippen molar-refractivity contribution in [3.8, 4) is 5.75 Å². The Labute approximate surface area is 162 Å². The number of carbonyl (C=O) groups excluding carboxylic acids is 3. The standard InChI is InChI=1S/C20H21N3O5/c1-21-14-5-2-3-6-15(14)28-17(19(21)25)13-18(24)22-8-10-23(11-9-22)20(26)16-7-4-12-27-16/h2-7,12,17H,8-11,13H2,1H3. The van der Waals surface area contributed by atoms with E-state index in [1.807, 2.05) is 12.1 Å². The number of piperazine rings is 1. The van der Waals surface area contributed by atoms with Gasteiger partial charge in [-0.2, -0.15) is 0 Å². The van der Waals surface area contributed by atoms with Gasteiger partial charge >= 0.3 is 0 Å². The van der Waals surface area contributed by atoms with Gasteiger partial charge in [0.2, 0.25) is 5.91 Å². The van der Waals surface area contributed by atoms with Crippen LogP contribution in [-0.4, -0.2) is 66.9 Å². The van der Waals surface area contributed by atoms with E-state index in [-0.39, 0.29) is 24.1 Å². The number of ether oxygens (including phenoxy) is 1. The second-order valence-corrected chi connectivity index (χ2v) is 6.83. The zero-order chi connectivity index (χ0) is 19.7. The first kappa shape index (κ1) is 18.1. The predicted octanol–water partition coefficient (Wildman–Crippen LogP) is 1.38. The van der Waals surface area contributed by atoms with Gasteiger partial charge in [0.1, 0.15) is 5.75 Å². The molecule has 0 spiro atoms. The van der Waals surface area contributed by atoms with E-state index in [4.69, 9.17) is 9.15 Å². The lowest BCUT2D eigenvalue weighted by molar-refractivity contribution is -0.139. The molecule has 1 fully saturated rings. The molecule has 3 heterocycles. The van der Waals surface area contributed by atoms with Crippen LogP contribution in [0.2, 0.25) is 0 Å². The summed E-state index contributed by atoms with van der Waals surface area (Å²) in [6.45, 7) is 1.68. The van der Waals surface area contributed by atoms with E-state index < -0.39 is 6.10 Å². The lowest BCUT2D eigenvalue weighted by Gasteiger charge is -2.36. The smallest absolute Gasteiger partial charge is 0.289 e. The second kappa shape index (κ2) is 7.38. The number of hydrogen-bond acceptors (Lipinski definition) is 5. The summed E-state index contributed by atoms with van der Waals surface area (Å²) in [6, 6.07) is 10.6. The third kappa shape index (κ3) is 3.33. The highest BCUT2D eigenvalue weighted by atomic mass is 16.5. The van der Waals surface area contributed by atoms with Crippen molar-refractivity contribution in [1.82, 2.24) is 9.80 Å². The SMILES string of the molecule is CN1C(=O)C(CC(=O)N2CCN(C(=O)c3ccco3)CC2)Oc2ccccc21. The molecular formula is C20H21N3O5. The normalized spacial score (nSPS) is 19.2. The summed E-state index contributed by atoms with van der Waals surface area (Å²) in [4.78, 5) is 42.4. The highest BCUT2D eigenvalue weighted by Crippen LogP contribution is 2.33. The number of amides is 3. The fraction of sp³-hybridized carbons (Fsp3) is 0.350. The van der Waals surface area contributed by atoms with Gasteiger partial charge in [-0.25, -0.2) is 0 Å². The van der Waals surface area contributed by atoms with Gasteiger partial charge < -0.3 is 23.9 Å². The molecule has 8 heteroatoms. The molecule has 0 aliphatic carbocycles. The van der Waals surface area contributed by atoms with Crippen LogP contribution in [-0.2, 0) is 9.59 Å².